The van der Waals surface area contributed by atoms with E-state index in [-0.39, 0.29) is 0 Å². The number of rotatable bonds is 13. The number of hydrogen-bond donors (Lipinski definition) is 8. The second-order valence-corrected chi connectivity index (χ2v) is 8.51. The molecule has 0 unspecified atom stereocenters. The van der Waals surface area contributed by atoms with Crippen LogP contribution in [0, 0.1) is 0 Å². The van der Waals surface area contributed by atoms with Crippen LogP contribution in [0.15, 0.2) is 0 Å². The summed E-state index contributed by atoms with van der Waals surface area (Å²) in [5, 5.41) is 22.9. The monoisotopic (exact) mass is 516 g/mol. The predicted molar refractivity (Wildman–Crippen MR) is 127 cm³/mol. The summed E-state index contributed by atoms with van der Waals surface area (Å²) in [6.45, 7) is 9.57. The molecule has 36 heavy (non-hydrogen) atoms. The molecule has 0 aromatic carbocycles. The second kappa shape index (κ2) is 14.6. The predicted octanol–water partition coefficient (Wildman–Crippen LogP) is -3.55. The Labute approximate surface area is 209 Å². The molecule has 0 aromatic rings. The van der Waals surface area contributed by atoms with E-state index in [2.05, 4.69) is 31.9 Å². The van der Waals surface area contributed by atoms with Gasteiger partial charge in [-0.3, -0.25) is 33.6 Å². The number of carbonyl (C=O) groups excluding carboxylic acids is 6. The fourth-order valence-corrected chi connectivity index (χ4v) is 2.43. The van der Waals surface area contributed by atoms with Crippen molar-refractivity contribution < 1.29 is 38.7 Å². The first-order chi connectivity index (χ1) is 16.5. The average Bonchev–Trinajstić information content (AvgIpc) is 2.77. The summed E-state index contributed by atoms with van der Waals surface area (Å²) in [4.78, 5) is 83.5. The summed E-state index contributed by atoms with van der Waals surface area (Å²) in [5.41, 5.74) is 5.43. The number of carbonyl (C=O) groups is 7. The molecule has 0 spiro atoms. The van der Waals surface area contributed by atoms with Gasteiger partial charge in [-0.2, -0.15) is 0 Å². The van der Waals surface area contributed by atoms with Crippen LogP contribution >= 0.6 is 0 Å². The third kappa shape index (κ3) is 11.1. The topological polar surface area (TPSA) is 238 Å². The van der Waals surface area contributed by atoms with Crippen molar-refractivity contribution in [2.75, 3.05) is 0 Å². The summed E-state index contributed by atoms with van der Waals surface area (Å²) in [7, 11) is 0. The molecule has 0 saturated heterocycles. The van der Waals surface area contributed by atoms with E-state index < -0.39 is 83.7 Å². The van der Waals surface area contributed by atoms with Crippen molar-refractivity contribution in [3.8, 4) is 0 Å². The van der Waals surface area contributed by atoms with Gasteiger partial charge in [0, 0.05) is 0 Å². The highest BCUT2D eigenvalue weighted by atomic mass is 16.4. The van der Waals surface area contributed by atoms with Crippen LogP contribution in [0.3, 0.4) is 0 Å². The number of nitrogens with two attached hydrogens (primary N) is 1. The van der Waals surface area contributed by atoms with Crippen molar-refractivity contribution in [1.82, 2.24) is 31.9 Å². The van der Waals surface area contributed by atoms with Gasteiger partial charge in [-0.15, -0.1) is 0 Å². The quantitative estimate of drug-likeness (QED) is 0.113. The third-order valence-corrected chi connectivity index (χ3v) is 4.90. The molecule has 0 saturated carbocycles. The lowest BCUT2D eigenvalue weighted by molar-refractivity contribution is -0.141. The zero-order chi connectivity index (χ0) is 28.3. The highest BCUT2D eigenvalue weighted by Crippen LogP contribution is 1.94. The van der Waals surface area contributed by atoms with Crippen molar-refractivity contribution in [2.24, 2.45) is 5.73 Å². The molecule has 0 aliphatic heterocycles. The van der Waals surface area contributed by atoms with E-state index in [1.165, 1.54) is 48.5 Å². The molecule has 0 aliphatic carbocycles. The zero-order valence-corrected chi connectivity index (χ0v) is 21.4. The van der Waals surface area contributed by atoms with Crippen LogP contribution in [0.4, 0.5) is 0 Å². The highest BCUT2D eigenvalue weighted by molar-refractivity contribution is 5.96. The van der Waals surface area contributed by atoms with Gasteiger partial charge in [-0.1, -0.05) is 0 Å². The Hall–Kier alpha value is -3.75. The number of aliphatic carboxylic acids is 1. The number of hydrogen-bond acceptors (Lipinski definition) is 8. The molecule has 0 bridgehead atoms. The van der Waals surface area contributed by atoms with Gasteiger partial charge in [0.25, 0.3) is 0 Å². The fraction of sp³-hybridized carbons (Fsp3) is 0.667. The standard InChI is InChI=1S/C21H37N7O8/c1-8(22)15(29)23-9(2)16(30)24-10(3)17(31)25-11(4)18(32)26-12(5)19(33)27-13(6)20(34)28-14(7)21(35)36/h8-14H,22H2,1-7H3,(H,23,29)(H,24,30)(H,25,31)(H,26,32)(H,27,33)(H,28,34)(H,35,36)/t8-,9-,10-,11-,12-,13-,14-/m0/s1/i18+1. The molecule has 0 rings (SSSR count). The SMILES string of the molecule is C[C@H](N)C(=O)N[C@@H](C)C(=O)N[C@@H](C)C(=O)N[C@@H](C)[13C](=O)N[C@@H](C)C(=O)N[C@@H](C)C(=O)N[C@@H](C)C(=O)O. The van der Waals surface area contributed by atoms with Crippen LogP contribution in [0.1, 0.15) is 48.5 Å². The van der Waals surface area contributed by atoms with Crippen LogP contribution in [-0.2, 0) is 33.6 Å². The summed E-state index contributed by atoms with van der Waals surface area (Å²) in [6.07, 6.45) is 0. The van der Waals surface area contributed by atoms with Gasteiger partial charge < -0.3 is 42.7 Å². The van der Waals surface area contributed by atoms with E-state index in [0.29, 0.717) is 0 Å². The molecule has 9 N–H and O–H groups in total. The van der Waals surface area contributed by atoms with Gasteiger partial charge in [-0.05, 0) is 48.5 Å². The van der Waals surface area contributed by atoms with Gasteiger partial charge in [0.15, 0.2) is 0 Å². The summed E-state index contributed by atoms with van der Waals surface area (Å²) < 4.78 is 0. The first-order valence-electron chi connectivity index (χ1n) is 11.3. The van der Waals surface area contributed by atoms with Crippen molar-refractivity contribution in [1.29, 1.82) is 0 Å². The average molecular weight is 517 g/mol. The molecule has 0 radical (unpaired) electrons. The lowest BCUT2D eigenvalue weighted by Crippen LogP contribution is -2.57. The molecule has 0 fully saturated rings. The van der Waals surface area contributed by atoms with Gasteiger partial charge in [-0.25, -0.2) is 0 Å². The first-order valence-corrected chi connectivity index (χ1v) is 11.3. The number of nitrogens with one attached hydrogen (secondary N) is 6. The lowest BCUT2D eigenvalue weighted by atomic mass is 10.2. The van der Waals surface area contributed by atoms with E-state index in [4.69, 9.17) is 10.8 Å². The molecule has 6 amide bonds. The minimum Gasteiger partial charge on any atom is -0.480 e. The van der Waals surface area contributed by atoms with Gasteiger partial charge in [0.05, 0.1) is 6.04 Å². The maximum atomic E-state index is 12.4. The van der Waals surface area contributed by atoms with Crippen molar-refractivity contribution in [3.63, 3.8) is 0 Å². The number of carboxylic acids is 1. The van der Waals surface area contributed by atoms with Gasteiger partial charge >= 0.3 is 5.97 Å². The van der Waals surface area contributed by atoms with Gasteiger partial charge in [0.2, 0.25) is 35.4 Å². The molecule has 204 valence electrons. The largest absolute Gasteiger partial charge is 0.480 e. The fourth-order valence-electron chi connectivity index (χ4n) is 2.43. The van der Waals surface area contributed by atoms with Crippen LogP contribution in [0.25, 0.3) is 0 Å². The Bertz CT molecular complexity index is 863. The molecule has 7 atom stereocenters. The van der Waals surface area contributed by atoms with E-state index in [1.54, 1.807) is 0 Å². The van der Waals surface area contributed by atoms with E-state index in [1.807, 2.05) is 0 Å². The number of amides is 6. The zero-order valence-electron chi connectivity index (χ0n) is 21.4. The molecule has 0 aliphatic rings. The Morgan fingerprint density at radius 2 is 0.639 bits per heavy atom. The Morgan fingerprint density at radius 3 is 0.833 bits per heavy atom. The maximum Gasteiger partial charge on any atom is 0.325 e. The van der Waals surface area contributed by atoms with E-state index in [0.717, 1.165) is 0 Å². The Balaban J connectivity index is 4.71. The molecule has 0 heterocycles. The van der Waals surface area contributed by atoms with Crippen molar-refractivity contribution in [3.05, 3.63) is 0 Å². The van der Waals surface area contributed by atoms with Crippen LogP contribution < -0.4 is 37.6 Å². The molecular formula is C21H37N7O8. The normalized spacial score (nSPS) is 16.4. The second-order valence-electron chi connectivity index (χ2n) is 8.51. The summed E-state index contributed by atoms with van der Waals surface area (Å²) in [5.74, 6) is -5.25. The molecule has 15 heteroatoms. The summed E-state index contributed by atoms with van der Waals surface area (Å²) in [6, 6.07) is -7.20. The maximum absolute atomic E-state index is 12.4. The van der Waals surface area contributed by atoms with Crippen LogP contribution in [0.5, 0.6) is 0 Å². The Morgan fingerprint density at radius 1 is 0.444 bits per heavy atom. The van der Waals surface area contributed by atoms with Gasteiger partial charge in [0.1, 0.15) is 36.3 Å². The van der Waals surface area contributed by atoms with E-state index >= 15 is 0 Å². The summed E-state index contributed by atoms with van der Waals surface area (Å²) >= 11 is 0. The Kier molecular flexibility index (Phi) is 13.1. The van der Waals surface area contributed by atoms with E-state index in [9.17, 15) is 33.6 Å². The van der Waals surface area contributed by atoms with Crippen molar-refractivity contribution >= 4 is 41.4 Å². The lowest BCUT2D eigenvalue weighted by Gasteiger charge is -2.22. The minimum atomic E-state index is -1.24. The first kappa shape index (κ1) is 32.2. The minimum absolute atomic E-state index is 0.539. The smallest absolute Gasteiger partial charge is 0.325 e. The third-order valence-electron chi connectivity index (χ3n) is 4.90. The van der Waals surface area contributed by atoms with Crippen LogP contribution in [-0.4, -0.2) is 88.8 Å². The molecule has 0 aromatic heterocycles. The van der Waals surface area contributed by atoms with Crippen molar-refractivity contribution in [2.45, 2.75) is 90.8 Å². The molecular weight excluding hydrogens is 479 g/mol. The molecule has 15 nitrogen and oxygen atoms in total. The highest BCUT2D eigenvalue weighted by Gasteiger charge is 2.27. The van der Waals surface area contributed by atoms with Crippen LogP contribution in [0.2, 0.25) is 0 Å². The number of carboxylic acid groups (broad SMARTS) is 1.